The highest BCUT2D eigenvalue weighted by Gasteiger charge is 2.17. The van der Waals surface area contributed by atoms with E-state index in [2.05, 4.69) is 20.4 Å². The minimum Gasteiger partial charge on any atom is -0.322 e. The smallest absolute Gasteiger partial charge is 0.322 e. The van der Waals surface area contributed by atoms with Crippen LogP contribution in [0, 0.1) is 5.82 Å². The van der Waals surface area contributed by atoms with Crippen LogP contribution in [0.1, 0.15) is 22.5 Å². The fraction of sp³-hybridized carbons (Fsp3) is 0.300. The molecule has 0 saturated carbocycles. The summed E-state index contributed by atoms with van der Waals surface area (Å²) in [7, 11) is 0. The van der Waals surface area contributed by atoms with Crippen LogP contribution in [0.4, 0.5) is 10.4 Å². The zero-order chi connectivity index (χ0) is 18.6. The Balaban J connectivity index is 1.48. The summed E-state index contributed by atoms with van der Waals surface area (Å²) in [6, 6.07) is 13.2. The molecule has 0 bridgehead atoms. The summed E-state index contributed by atoms with van der Waals surface area (Å²) in [5.41, 5.74) is 2.81. The Bertz CT molecular complexity index is 907. The second-order valence-corrected chi connectivity index (χ2v) is 7.11. The van der Waals surface area contributed by atoms with E-state index in [1.54, 1.807) is 6.07 Å². The number of piperazine rings is 1. The van der Waals surface area contributed by atoms with Crippen molar-refractivity contribution in [2.24, 2.45) is 0 Å². The van der Waals surface area contributed by atoms with Gasteiger partial charge in [0.2, 0.25) is 0 Å². The average Bonchev–Trinajstić information content (AvgIpc) is 3.12. The second kappa shape index (κ2) is 8.06. The number of anilines is 1. The summed E-state index contributed by atoms with van der Waals surface area (Å²) >= 11 is 5.92. The third-order valence-electron chi connectivity index (χ3n) is 4.55. The monoisotopic (exact) mass is 386 g/mol. The van der Waals surface area contributed by atoms with E-state index in [1.807, 2.05) is 30.3 Å². The van der Waals surface area contributed by atoms with Crippen LogP contribution in [0.3, 0.4) is 0 Å². The molecule has 0 aliphatic carbocycles. The van der Waals surface area contributed by atoms with E-state index < -0.39 is 0 Å². The highest BCUT2D eigenvalue weighted by atomic mass is 35.5. The standard InChI is InChI=1S/C20H20ClFN4O/c21-17-3-1-14(2-4-17)9-15-10-16(12-18(22)11-15)13-19-24-20(27-25-19)26-7-5-23-6-8-26/h1-4,10-12,23H,5-9,13H2. The van der Waals surface area contributed by atoms with Crippen molar-refractivity contribution < 1.29 is 8.91 Å². The Labute approximate surface area is 162 Å². The van der Waals surface area contributed by atoms with Gasteiger partial charge in [0.1, 0.15) is 5.82 Å². The van der Waals surface area contributed by atoms with Gasteiger partial charge in [-0.1, -0.05) is 35.0 Å². The van der Waals surface area contributed by atoms with Gasteiger partial charge < -0.3 is 14.7 Å². The molecule has 0 unspecified atom stereocenters. The first-order valence-electron chi connectivity index (χ1n) is 8.97. The average molecular weight is 387 g/mol. The third kappa shape index (κ3) is 4.64. The van der Waals surface area contributed by atoms with Crippen LogP contribution in [0.25, 0.3) is 0 Å². The maximum Gasteiger partial charge on any atom is 0.324 e. The lowest BCUT2D eigenvalue weighted by atomic mass is 10.0. The molecule has 140 valence electrons. The maximum absolute atomic E-state index is 14.1. The molecule has 4 rings (SSSR count). The van der Waals surface area contributed by atoms with Gasteiger partial charge in [0, 0.05) is 37.6 Å². The maximum atomic E-state index is 14.1. The van der Waals surface area contributed by atoms with Gasteiger partial charge in [-0.05, 0) is 47.4 Å². The van der Waals surface area contributed by atoms with E-state index in [0.29, 0.717) is 29.7 Å². The Hall–Kier alpha value is -2.44. The van der Waals surface area contributed by atoms with Crippen LogP contribution in [0.5, 0.6) is 0 Å². The first-order chi connectivity index (χ1) is 13.2. The zero-order valence-corrected chi connectivity index (χ0v) is 15.5. The number of hydrogen-bond donors (Lipinski definition) is 1. The van der Waals surface area contributed by atoms with Gasteiger partial charge in [-0.2, -0.15) is 4.98 Å². The molecule has 2 aromatic carbocycles. The third-order valence-corrected chi connectivity index (χ3v) is 4.80. The van der Waals surface area contributed by atoms with Gasteiger partial charge in [-0.25, -0.2) is 4.39 Å². The molecular formula is C20H20ClFN4O. The van der Waals surface area contributed by atoms with Crippen molar-refractivity contribution in [3.8, 4) is 0 Å². The van der Waals surface area contributed by atoms with Crippen LogP contribution in [-0.4, -0.2) is 36.3 Å². The molecular weight excluding hydrogens is 367 g/mol. The van der Waals surface area contributed by atoms with Crippen LogP contribution in [0.2, 0.25) is 5.02 Å². The molecule has 0 radical (unpaired) electrons. The molecule has 0 amide bonds. The van der Waals surface area contributed by atoms with Crippen LogP contribution in [-0.2, 0) is 12.8 Å². The van der Waals surface area contributed by atoms with Gasteiger partial charge in [-0.3, -0.25) is 0 Å². The van der Waals surface area contributed by atoms with Gasteiger partial charge >= 0.3 is 6.01 Å². The van der Waals surface area contributed by atoms with Crippen molar-refractivity contribution in [1.82, 2.24) is 15.5 Å². The summed E-state index contributed by atoms with van der Waals surface area (Å²) < 4.78 is 19.5. The zero-order valence-electron chi connectivity index (χ0n) is 14.8. The van der Waals surface area contributed by atoms with Crippen molar-refractivity contribution in [2.45, 2.75) is 12.8 Å². The van der Waals surface area contributed by atoms with E-state index in [1.165, 1.54) is 6.07 Å². The van der Waals surface area contributed by atoms with Gasteiger partial charge in [0.15, 0.2) is 5.82 Å². The topological polar surface area (TPSA) is 54.2 Å². The molecule has 1 N–H and O–H groups in total. The summed E-state index contributed by atoms with van der Waals surface area (Å²) in [5, 5.41) is 8.03. The van der Waals surface area contributed by atoms with Crippen LogP contribution in [0.15, 0.2) is 47.0 Å². The molecule has 1 aliphatic rings. The molecule has 7 heteroatoms. The van der Waals surface area contributed by atoms with Crippen molar-refractivity contribution >= 4 is 17.6 Å². The molecule has 1 aliphatic heterocycles. The van der Waals surface area contributed by atoms with Gasteiger partial charge in [0.05, 0.1) is 0 Å². The molecule has 0 atom stereocenters. The lowest BCUT2D eigenvalue weighted by Crippen LogP contribution is -2.43. The molecule has 3 aromatic rings. The number of aromatic nitrogens is 2. The van der Waals surface area contributed by atoms with Crippen molar-refractivity contribution in [1.29, 1.82) is 0 Å². The number of nitrogens with one attached hydrogen (secondary N) is 1. The lowest BCUT2D eigenvalue weighted by Gasteiger charge is -2.24. The van der Waals surface area contributed by atoms with E-state index in [-0.39, 0.29) is 5.82 Å². The van der Waals surface area contributed by atoms with E-state index >= 15 is 0 Å². The van der Waals surface area contributed by atoms with E-state index in [9.17, 15) is 4.39 Å². The van der Waals surface area contributed by atoms with Crippen LogP contribution >= 0.6 is 11.6 Å². The van der Waals surface area contributed by atoms with Crippen molar-refractivity contribution in [3.05, 3.63) is 75.8 Å². The Morgan fingerprint density at radius 2 is 1.70 bits per heavy atom. The molecule has 5 nitrogen and oxygen atoms in total. The molecule has 1 saturated heterocycles. The first kappa shape index (κ1) is 17.9. The molecule has 1 aromatic heterocycles. The Kier molecular flexibility index (Phi) is 5.36. The van der Waals surface area contributed by atoms with Gasteiger partial charge in [-0.15, -0.1) is 0 Å². The molecule has 1 fully saturated rings. The highest BCUT2D eigenvalue weighted by molar-refractivity contribution is 6.30. The molecule has 2 heterocycles. The predicted octanol–water partition coefficient (Wildman–Crippen LogP) is 3.45. The Morgan fingerprint density at radius 1 is 1.00 bits per heavy atom. The fourth-order valence-corrected chi connectivity index (χ4v) is 3.37. The number of halogens is 2. The second-order valence-electron chi connectivity index (χ2n) is 6.68. The summed E-state index contributed by atoms with van der Waals surface area (Å²) in [4.78, 5) is 6.53. The van der Waals surface area contributed by atoms with Gasteiger partial charge in [0.25, 0.3) is 0 Å². The predicted molar refractivity (Wildman–Crippen MR) is 103 cm³/mol. The fourth-order valence-electron chi connectivity index (χ4n) is 3.24. The summed E-state index contributed by atoms with van der Waals surface area (Å²) in [6.45, 7) is 3.48. The molecule has 0 spiro atoms. The number of benzene rings is 2. The van der Waals surface area contributed by atoms with Crippen molar-refractivity contribution in [3.63, 3.8) is 0 Å². The summed E-state index contributed by atoms with van der Waals surface area (Å²) in [5.74, 6) is 0.300. The van der Waals surface area contributed by atoms with E-state index in [4.69, 9.17) is 16.1 Å². The number of rotatable bonds is 5. The minimum atomic E-state index is -0.262. The number of hydrogen-bond acceptors (Lipinski definition) is 5. The Morgan fingerprint density at radius 3 is 2.44 bits per heavy atom. The normalized spacial score (nSPS) is 14.5. The SMILES string of the molecule is Fc1cc(Cc2ccc(Cl)cc2)cc(Cc2noc(N3CCNCC3)n2)c1. The molecule has 27 heavy (non-hydrogen) atoms. The van der Waals surface area contributed by atoms with E-state index in [0.717, 1.165) is 42.9 Å². The lowest BCUT2D eigenvalue weighted by molar-refractivity contribution is 0.399. The minimum absolute atomic E-state index is 0.262. The number of nitrogens with zero attached hydrogens (tertiary/aromatic N) is 3. The van der Waals surface area contributed by atoms with Crippen LogP contribution < -0.4 is 10.2 Å². The quantitative estimate of drug-likeness (QED) is 0.727. The van der Waals surface area contributed by atoms with Crippen molar-refractivity contribution in [2.75, 3.05) is 31.1 Å². The largest absolute Gasteiger partial charge is 0.324 e. The highest BCUT2D eigenvalue weighted by Crippen LogP contribution is 2.19. The summed E-state index contributed by atoms with van der Waals surface area (Å²) in [6.07, 6.45) is 1.07. The first-order valence-corrected chi connectivity index (χ1v) is 9.34.